The van der Waals surface area contributed by atoms with Gasteiger partial charge in [0.2, 0.25) is 0 Å². The van der Waals surface area contributed by atoms with Gasteiger partial charge in [-0.05, 0) is 12.5 Å². The van der Waals surface area contributed by atoms with Gasteiger partial charge in [0.1, 0.15) is 0 Å². The first kappa shape index (κ1) is 41.5. The van der Waals surface area contributed by atoms with Crippen molar-refractivity contribution < 1.29 is 68.3 Å². The summed E-state index contributed by atoms with van der Waals surface area (Å²) in [4.78, 5) is 0. The van der Waals surface area contributed by atoms with Crippen LogP contribution >= 0.6 is 25.3 Å². The Kier molecular flexibility index (Phi) is 391. The van der Waals surface area contributed by atoms with E-state index in [0.29, 0.717) is 0 Å². The van der Waals surface area contributed by atoms with Gasteiger partial charge in [-0.2, -0.15) is 25.3 Å². The van der Waals surface area contributed by atoms with Crippen LogP contribution in [0.3, 0.4) is 0 Å². The second-order valence-electron chi connectivity index (χ2n) is 0. The maximum Gasteiger partial charge on any atom is 1.00 e. The SMILES string of the molecule is CS.CS.[H+].[H+].[SH-].[SH-].[Y].[Y]. The van der Waals surface area contributed by atoms with Crippen LogP contribution in [-0.2, 0) is 92.4 Å². The molecule has 0 saturated heterocycles. The monoisotopic (exact) mass is 342 g/mol. The first-order chi connectivity index (χ1) is 2.00. The summed E-state index contributed by atoms with van der Waals surface area (Å²) in [7, 11) is 0. The molecule has 0 nitrogen and oxygen atoms in total. The molecule has 2 radical (unpaired) electrons. The van der Waals surface area contributed by atoms with Crippen LogP contribution in [0.15, 0.2) is 0 Å². The van der Waals surface area contributed by atoms with Gasteiger partial charge < -0.3 is 27.0 Å². The molecule has 0 heterocycles. The molecule has 6 heteroatoms. The van der Waals surface area contributed by atoms with Crippen LogP contribution in [0.1, 0.15) is 2.85 Å². The summed E-state index contributed by atoms with van der Waals surface area (Å²) in [5.41, 5.74) is 0. The molecule has 0 spiro atoms. The fourth-order valence-electron chi connectivity index (χ4n) is 0. The third-order valence-corrected chi connectivity index (χ3v) is 0. The van der Waals surface area contributed by atoms with E-state index in [1.54, 1.807) is 12.5 Å². The van der Waals surface area contributed by atoms with Gasteiger partial charge in [0.25, 0.3) is 0 Å². The first-order valence-corrected chi connectivity index (χ1v) is 2.68. The summed E-state index contributed by atoms with van der Waals surface area (Å²) in [6, 6.07) is 0. The Morgan fingerprint density at radius 1 is 0.750 bits per heavy atom. The summed E-state index contributed by atoms with van der Waals surface area (Å²) < 4.78 is 0. The zero-order valence-corrected chi connectivity index (χ0v) is 14.2. The number of hydrogen-bond acceptors (Lipinski definition) is 4. The molecule has 0 aromatic carbocycles. The molecule has 0 aromatic heterocycles. The van der Waals surface area contributed by atoms with Crippen molar-refractivity contribution in [1.82, 2.24) is 0 Å². The molecule has 0 bridgehead atoms. The molecular formula is C2H12S4Y2. The maximum atomic E-state index is 3.53. The Labute approximate surface area is 131 Å². The van der Waals surface area contributed by atoms with Gasteiger partial charge in [-0.15, -0.1) is 0 Å². The van der Waals surface area contributed by atoms with E-state index in [1.165, 1.54) is 0 Å². The Bertz CT molecular complexity index is 19.2. The third-order valence-electron chi connectivity index (χ3n) is 0. The number of hydrogen-bond donors (Lipinski definition) is 2. The van der Waals surface area contributed by atoms with Crippen LogP contribution in [-0.4, -0.2) is 12.5 Å². The van der Waals surface area contributed by atoms with E-state index < -0.39 is 0 Å². The van der Waals surface area contributed by atoms with Crippen molar-refractivity contribution in [3.8, 4) is 0 Å². The standard InChI is InChI=1S/2CH4S.2H2S.2Y/c2*1-2;;;;/h2*2H,1H3;2*1H2;;. The molecule has 50 valence electrons. The smallest absolute Gasteiger partial charge is 0.813 e. The Hall–Kier alpha value is 3.61. The van der Waals surface area contributed by atoms with Crippen molar-refractivity contribution in [3.05, 3.63) is 0 Å². The van der Waals surface area contributed by atoms with Crippen molar-refractivity contribution in [1.29, 1.82) is 0 Å². The minimum Gasteiger partial charge on any atom is -0.813 e. The summed E-state index contributed by atoms with van der Waals surface area (Å²) in [6.45, 7) is 0. The molecule has 0 unspecified atom stereocenters. The predicted octanol–water partition coefficient (Wildman–Crippen LogP) is 0.772. The molecule has 0 N–H and O–H groups in total. The average molecular weight is 342 g/mol. The van der Waals surface area contributed by atoms with Crippen molar-refractivity contribution in [2.45, 2.75) is 0 Å². The van der Waals surface area contributed by atoms with E-state index >= 15 is 0 Å². The Morgan fingerprint density at radius 3 is 0.750 bits per heavy atom. The molecule has 0 aliphatic heterocycles. The molecule has 0 aromatic rings. The van der Waals surface area contributed by atoms with E-state index in [4.69, 9.17) is 0 Å². The van der Waals surface area contributed by atoms with Gasteiger partial charge >= 0.3 is 2.85 Å². The summed E-state index contributed by atoms with van der Waals surface area (Å²) in [5.74, 6) is 0. The predicted molar refractivity (Wildman–Crippen MR) is 49.6 cm³/mol. The van der Waals surface area contributed by atoms with Crippen LogP contribution in [0.5, 0.6) is 0 Å². The van der Waals surface area contributed by atoms with Gasteiger partial charge in [-0.3, -0.25) is 0 Å². The minimum absolute atomic E-state index is 0. The van der Waals surface area contributed by atoms with Crippen LogP contribution in [0.2, 0.25) is 0 Å². The van der Waals surface area contributed by atoms with Crippen molar-refractivity contribution in [2.75, 3.05) is 12.5 Å². The Balaban J connectivity index is -0.000000000833. The van der Waals surface area contributed by atoms with Crippen LogP contribution in [0.25, 0.3) is 0 Å². The van der Waals surface area contributed by atoms with Gasteiger partial charge in [0.15, 0.2) is 0 Å². The number of thiol groups is 4. The molecule has 0 aliphatic carbocycles. The average Bonchev–Trinajstić information content (AvgIpc) is 1.50. The zero-order valence-electron chi connectivity index (χ0n) is 6.94. The van der Waals surface area contributed by atoms with Gasteiger partial charge in [0.05, 0.1) is 0 Å². The maximum absolute atomic E-state index is 3.53. The van der Waals surface area contributed by atoms with Crippen LogP contribution in [0.4, 0.5) is 0 Å². The third kappa shape index (κ3) is 54.7. The summed E-state index contributed by atoms with van der Waals surface area (Å²) in [6.07, 6.45) is 3.39. The first-order valence-electron chi connectivity index (χ1n) is 0.894. The zero-order chi connectivity index (χ0) is 4.00. The fraction of sp³-hybridized carbons (Fsp3) is 1.00. The van der Waals surface area contributed by atoms with E-state index in [1.807, 2.05) is 0 Å². The van der Waals surface area contributed by atoms with Crippen molar-refractivity contribution >= 4 is 52.2 Å². The second kappa shape index (κ2) is 75.2. The minimum atomic E-state index is 0. The number of rotatable bonds is 0. The summed E-state index contributed by atoms with van der Waals surface area (Å²) >= 11 is 7.06. The van der Waals surface area contributed by atoms with Gasteiger partial charge in [-0.1, -0.05) is 0 Å². The second-order valence-corrected chi connectivity index (χ2v) is 0. The van der Waals surface area contributed by atoms with E-state index in [0.717, 1.165) is 0 Å². The molecular weight excluding hydrogens is 330 g/mol. The quantitative estimate of drug-likeness (QED) is 0.493. The molecule has 0 aliphatic rings. The molecule has 0 amide bonds. The molecule has 0 atom stereocenters. The fourth-order valence-corrected chi connectivity index (χ4v) is 0. The Morgan fingerprint density at radius 2 is 0.750 bits per heavy atom. The summed E-state index contributed by atoms with van der Waals surface area (Å²) in [5, 5.41) is 0. The van der Waals surface area contributed by atoms with E-state index in [2.05, 4.69) is 25.3 Å². The van der Waals surface area contributed by atoms with E-state index in [9.17, 15) is 0 Å². The molecule has 8 heavy (non-hydrogen) atoms. The topological polar surface area (TPSA) is 0 Å². The van der Waals surface area contributed by atoms with Crippen LogP contribution < -0.4 is 0 Å². The largest absolute Gasteiger partial charge is 1.00 e. The van der Waals surface area contributed by atoms with Gasteiger partial charge in [-0.25, -0.2) is 0 Å². The molecule has 0 rings (SSSR count). The van der Waals surface area contributed by atoms with Crippen molar-refractivity contribution in [2.24, 2.45) is 0 Å². The molecule has 0 fully saturated rings. The normalized spacial score (nSPS) is 1.50. The van der Waals surface area contributed by atoms with E-state index in [-0.39, 0.29) is 95.3 Å². The van der Waals surface area contributed by atoms with Crippen molar-refractivity contribution in [3.63, 3.8) is 0 Å². The van der Waals surface area contributed by atoms with Crippen LogP contribution in [0, 0.1) is 0 Å². The van der Waals surface area contributed by atoms with Gasteiger partial charge in [0, 0.05) is 65.4 Å². The molecule has 0 saturated carbocycles.